The summed E-state index contributed by atoms with van der Waals surface area (Å²) >= 11 is 5.99. The van der Waals surface area contributed by atoms with Crippen LogP contribution < -0.4 is 5.32 Å². The molecule has 0 aliphatic rings. The van der Waals surface area contributed by atoms with Crippen LogP contribution in [0.1, 0.15) is 42.6 Å². The molecule has 3 nitrogen and oxygen atoms in total. The molecule has 1 rings (SSSR count). The van der Waals surface area contributed by atoms with Crippen LogP contribution in [0, 0.1) is 18.3 Å². The van der Waals surface area contributed by atoms with E-state index in [1.807, 2.05) is 13.8 Å². The van der Waals surface area contributed by atoms with E-state index in [0.717, 1.165) is 5.56 Å². The molecule has 0 spiro atoms. The van der Waals surface area contributed by atoms with E-state index in [1.54, 1.807) is 25.1 Å². The maximum Gasteiger partial charge on any atom is 0.252 e. The van der Waals surface area contributed by atoms with Gasteiger partial charge in [0.05, 0.1) is 6.07 Å². The van der Waals surface area contributed by atoms with E-state index in [2.05, 4.69) is 11.4 Å². The Hall–Kier alpha value is -1.53. The summed E-state index contributed by atoms with van der Waals surface area (Å²) in [6, 6.07) is 7.37. The van der Waals surface area contributed by atoms with Gasteiger partial charge in [0.2, 0.25) is 0 Å². The number of hydrogen-bond donors (Lipinski definition) is 1. The summed E-state index contributed by atoms with van der Waals surface area (Å²) in [6.07, 6.45) is 1.15. The third-order valence-electron chi connectivity index (χ3n) is 3.29. The molecule has 0 unspecified atom stereocenters. The van der Waals surface area contributed by atoms with Crippen molar-refractivity contribution < 1.29 is 4.79 Å². The standard InChI is InChI=1S/C14H17ClN2O/c1-4-14(5-2,9-16)17-13(18)11-7-6-8-12(15)10(11)3/h6-8H,4-5H2,1-3H3,(H,17,18). The van der Waals surface area contributed by atoms with Crippen molar-refractivity contribution in [3.8, 4) is 6.07 Å². The van der Waals surface area contributed by atoms with Crippen LogP contribution in [-0.2, 0) is 0 Å². The molecule has 18 heavy (non-hydrogen) atoms. The van der Waals surface area contributed by atoms with Crippen molar-refractivity contribution in [1.82, 2.24) is 5.32 Å². The van der Waals surface area contributed by atoms with E-state index >= 15 is 0 Å². The monoisotopic (exact) mass is 264 g/mol. The highest BCUT2D eigenvalue weighted by molar-refractivity contribution is 6.31. The highest BCUT2D eigenvalue weighted by Gasteiger charge is 2.28. The quantitative estimate of drug-likeness (QED) is 0.905. The zero-order valence-corrected chi connectivity index (χ0v) is 11.6. The molecule has 1 aromatic carbocycles. The highest BCUT2D eigenvalue weighted by Crippen LogP contribution is 2.20. The zero-order valence-electron chi connectivity index (χ0n) is 10.9. The number of nitrogens with one attached hydrogen (secondary N) is 1. The molecule has 0 atom stereocenters. The molecule has 0 saturated heterocycles. The summed E-state index contributed by atoms with van der Waals surface area (Å²) in [6.45, 7) is 5.57. The molecular formula is C14H17ClN2O. The van der Waals surface area contributed by atoms with Crippen LogP contribution in [0.5, 0.6) is 0 Å². The van der Waals surface area contributed by atoms with E-state index in [0.29, 0.717) is 23.4 Å². The molecule has 0 fully saturated rings. The third-order valence-corrected chi connectivity index (χ3v) is 3.70. The fourth-order valence-electron chi connectivity index (χ4n) is 1.75. The first-order valence-corrected chi connectivity index (χ1v) is 6.36. The average Bonchev–Trinajstić information content (AvgIpc) is 2.39. The number of amides is 1. The summed E-state index contributed by atoms with van der Waals surface area (Å²) in [5, 5.41) is 12.6. The lowest BCUT2D eigenvalue weighted by molar-refractivity contribution is 0.0915. The van der Waals surface area contributed by atoms with Gasteiger partial charge in [-0.1, -0.05) is 31.5 Å². The van der Waals surface area contributed by atoms with E-state index in [9.17, 15) is 10.1 Å². The van der Waals surface area contributed by atoms with Crippen molar-refractivity contribution in [2.24, 2.45) is 0 Å². The minimum absolute atomic E-state index is 0.250. The number of carbonyl (C=O) groups is 1. The first-order valence-electron chi connectivity index (χ1n) is 5.98. The first kappa shape index (κ1) is 14.5. The normalized spacial score (nSPS) is 10.8. The Morgan fingerprint density at radius 3 is 2.56 bits per heavy atom. The Kier molecular flexibility index (Phi) is 4.75. The Morgan fingerprint density at radius 2 is 2.06 bits per heavy atom. The number of hydrogen-bond acceptors (Lipinski definition) is 2. The molecular weight excluding hydrogens is 248 g/mol. The smallest absolute Gasteiger partial charge is 0.252 e. The minimum Gasteiger partial charge on any atom is -0.334 e. The second-order valence-corrected chi connectivity index (χ2v) is 4.67. The van der Waals surface area contributed by atoms with Gasteiger partial charge < -0.3 is 5.32 Å². The van der Waals surface area contributed by atoms with Gasteiger partial charge in [0.25, 0.3) is 5.91 Å². The van der Waals surface area contributed by atoms with Crippen LogP contribution in [0.15, 0.2) is 18.2 Å². The summed E-state index contributed by atoms with van der Waals surface area (Å²) in [5.74, 6) is -0.250. The average molecular weight is 265 g/mol. The van der Waals surface area contributed by atoms with E-state index in [4.69, 9.17) is 11.6 Å². The van der Waals surface area contributed by atoms with Gasteiger partial charge >= 0.3 is 0 Å². The SMILES string of the molecule is CCC(C#N)(CC)NC(=O)c1cccc(Cl)c1C. The molecule has 0 bridgehead atoms. The van der Waals surface area contributed by atoms with Crippen molar-refractivity contribution >= 4 is 17.5 Å². The Morgan fingerprint density at radius 1 is 1.44 bits per heavy atom. The lowest BCUT2D eigenvalue weighted by Gasteiger charge is -2.25. The summed E-state index contributed by atoms with van der Waals surface area (Å²) in [7, 11) is 0. The lowest BCUT2D eigenvalue weighted by atomic mass is 9.94. The van der Waals surface area contributed by atoms with E-state index in [-0.39, 0.29) is 5.91 Å². The Balaban J connectivity index is 3.03. The molecule has 0 heterocycles. The molecule has 4 heteroatoms. The number of nitrogens with zero attached hydrogens (tertiary/aromatic N) is 1. The molecule has 0 saturated carbocycles. The van der Waals surface area contributed by atoms with Crippen LogP contribution in [0.3, 0.4) is 0 Å². The predicted octanol–water partition coefficient (Wildman–Crippen LogP) is 3.46. The number of rotatable bonds is 4. The molecule has 0 aliphatic carbocycles. The topological polar surface area (TPSA) is 52.9 Å². The Labute approximate surface area is 113 Å². The second-order valence-electron chi connectivity index (χ2n) is 4.27. The fourth-order valence-corrected chi connectivity index (χ4v) is 1.93. The third kappa shape index (κ3) is 2.83. The molecule has 96 valence electrons. The van der Waals surface area contributed by atoms with Crippen LogP contribution in [0.2, 0.25) is 5.02 Å². The van der Waals surface area contributed by atoms with Gasteiger partial charge in [0.1, 0.15) is 5.54 Å². The lowest BCUT2D eigenvalue weighted by Crippen LogP contribution is -2.46. The van der Waals surface area contributed by atoms with E-state index in [1.165, 1.54) is 0 Å². The summed E-state index contributed by atoms with van der Waals surface area (Å²) in [4.78, 5) is 12.2. The second kappa shape index (κ2) is 5.88. The van der Waals surface area contributed by atoms with Crippen LogP contribution >= 0.6 is 11.6 Å². The highest BCUT2D eigenvalue weighted by atomic mass is 35.5. The number of benzene rings is 1. The van der Waals surface area contributed by atoms with Crippen molar-refractivity contribution in [3.05, 3.63) is 34.3 Å². The predicted molar refractivity (Wildman–Crippen MR) is 72.6 cm³/mol. The van der Waals surface area contributed by atoms with E-state index < -0.39 is 5.54 Å². The largest absolute Gasteiger partial charge is 0.334 e. The van der Waals surface area contributed by atoms with Gasteiger partial charge in [-0.25, -0.2) is 0 Å². The Bertz CT molecular complexity index is 487. The molecule has 1 aromatic rings. The van der Waals surface area contributed by atoms with Crippen LogP contribution in [0.4, 0.5) is 0 Å². The maximum atomic E-state index is 12.2. The van der Waals surface area contributed by atoms with Crippen molar-refractivity contribution in [2.45, 2.75) is 39.2 Å². The summed E-state index contributed by atoms with van der Waals surface area (Å²) in [5.41, 5.74) is 0.450. The number of nitriles is 1. The first-order chi connectivity index (χ1) is 8.49. The van der Waals surface area contributed by atoms with Crippen molar-refractivity contribution in [2.75, 3.05) is 0 Å². The molecule has 0 aromatic heterocycles. The van der Waals surface area contributed by atoms with Gasteiger partial charge in [-0.15, -0.1) is 0 Å². The van der Waals surface area contributed by atoms with Gasteiger partial charge in [0, 0.05) is 10.6 Å². The van der Waals surface area contributed by atoms with Gasteiger partial charge in [-0.05, 0) is 37.5 Å². The van der Waals surface area contributed by atoms with Crippen LogP contribution in [0.25, 0.3) is 0 Å². The zero-order chi connectivity index (χ0) is 13.8. The minimum atomic E-state index is -0.800. The van der Waals surface area contributed by atoms with Crippen molar-refractivity contribution in [1.29, 1.82) is 5.26 Å². The fraction of sp³-hybridized carbons (Fsp3) is 0.429. The van der Waals surface area contributed by atoms with Crippen molar-refractivity contribution in [3.63, 3.8) is 0 Å². The molecule has 0 aliphatic heterocycles. The summed E-state index contributed by atoms with van der Waals surface area (Å²) < 4.78 is 0. The van der Waals surface area contributed by atoms with Gasteiger partial charge in [-0.3, -0.25) is 4.79 Å². The van der Waals surface area contributed by atoms with Gasteiger partial charge in [0.15, 0.2) is 0 Å². The maximum absolute atomic E-state index is 12.2. The number of carbonyl (C=O) groups excluding carboxylic acids is 1. The molecule has 1 N–H and O–H groups in total. The number of halogens is 1. The van der Waals surface area contributed by atoms with Crippen LogP contribution in [-0.4, -0.2) is 11.4 Å². The molecule has 1 amide bonds. The van der Waals surface area contributed by atoms with Gasteiger partial charge in [-0.2, -0.15) is 5.26 Å². The molecule has 0 radical (unpaired) electrons.